The number of phenols is 1. The number of anilines is 4. The minimum absolute atomic E-state index is 0.0378. The summed E-state index contributed by atoms with van der Waals surface area (Å²) in [5.41, 5.74) is 0.201. The van der Waals surface area contributed by atoms with Crippen molar-refractivity contribution >= 4 is 69.6 Å². The number of carbonyl (C=O) groups is 4. The highest BCUT2D eigenvalue weighted by Crippen LogP contribution is 2.66. The third-order valence-electron chi connectivity index (χ3n) is 11.0. The number of halogens is 7. The zero-order chi connectivity index (χ0) is 40.0. The fourth-order valence-electron chi connectivity index (χ4n) is 8.56. The number of fused-ring (bicyclic) bond motifs is 4. The van der Waals surface area contributed by atoms with Gasteiger partial charge in [-0.1, -0.05) is 35.9 Å². The summed E-state index contributed by atoms with van der Waals surface area (Å²) >= 11 is 14.4. The molecule has 0 unspecified atom stereocenters. The van der Waals surface area contributed by atoms with Crippen molar-refractivity contribution in [1.29, 1.82) is 0 Å². The molecule has 6 atom stereocenters. The number of hydrogen-bond acceptors (Lipinski definition) is 7. The van der Waals surface area contributed by atoms with Crippen LogP contribution in [0.15, 0.2) is 84.4 Å². The van der Waals surface area contributed by atoms with E-state index in [1.807, 2.05) is 30.3 Å². The summed E-state index contributed by atoms with van der Waals surface area (Å²) in [4.78, 5) is 52.8. The highest BCUT2D eigenvalue weighted by Gasteiger charge is 2.77. The molecule has 0 aromatic heterocycles. The van der Waals surface area contributed by atoms with Gasteiger partial charge in [0.1, 0.15) is 5.69 Å². The van der Waals surface area contributed by atoms with E-state index in [0.717, 1.165) is 10.6 Å². The number of carbonyl (C=O) groups excluding carboxylic acids is 4. The van der Waals surface area contributed by atoms with Crippen molar-refractivity contribution < 1.29 is 51.0 Å². The zero-order valence-electron chi connectivity index (χ0n) is 29.0. The summed E-state index contributed by atoms with van der Waals surface area (Å²) in [5, 5.41) is 13.7. The number of rotatable bonds is 7. The molecule has 4 aliphatic rings. The first-order valence-electron chi connectivity index (χ1n) is 17.4. The Morgan fingerprint density at radius 3 is 2.05 bits per heavy atom. The summed E-state index contributed by atoms with van der Waals surface area (Å²) in [6.45, 7) is 1.70. The van der Waals surface area contributed by atoms with Crippen LogP contribution in [-0.2, 0) is 19.2 Å². The maximum Gasteiger partial charge on any atom is 0.258 e. The molecule has 16 heteroatoms. The maximum absolute atomic E-state index is 15.3. The molecule has 56 heavy (non-hydrogen) atoms. The minimum Gasteiger partial charge on any atom is -0.504 e. The van der Waals surface area contributed by atoms with Crippen molar-refractivity contribution in [3.63, 3.8) is 0 Å². The molecule has 4 aromatic rings. The van der Waals surface area contributed by atoms with Gasteiger partial charge in [0, 0.05) is 17.3 Å². The predicted molar refractivity (Wildman–Crippen MR) is 194 cm³/mol. The number of nitrogens with zero attached hydrogens (tertiary/aromatic N) is 2. The molecule has 4 amide bonds. The lowest BCUT2D eigenvalue weighted by molar-refractivity contribution is -0.125. The predicted octanol–water partition coefficient (Wildman–Crippen LogP) is 8.00. The van der Waals surface area contributed by atoms with Gasteiger partial charge in [0.05, 0.1) is 24.1 Å². The highest BCUT2D eigenvalue weighted by molar-refractivity contribution is 6.58. The Morgan fingerprint density at radius 1 is 0.786 bits per heavy atom. The number of ether oxygens (including phenoxy) is 1. The number of aromatic hydroxyl groups is 1. The normalized spacial score (nSPS) is 26.9. The maximum atomic E-state index is 15.3. The van der Waals surface area contributed by atoms with E-state index in [1.165, 1.54) is 18.2 Å². The highest BCUT2D eigenvalue weighted by atomic mass is 35.5. The number of benzene rings is 4. The van der Waals surface area contributed by atoms with Crippen molar-refractivity contribution in [3.05, 3.63) is 119 Å². The van der Waals surface area contributed by atoms with Crippen molar-refractivity contribution in [2.45, 2.75) is 35.4 Å². The largest absolute Gasteiger partial charge is 0.504 e. The first-order chi connectivity index (χ1) is 26.6. The summed E-state index contributed by atoms with van der Waals surface area (Å²) < 4.78 is 79.4. The van der Waals surface area contributed by atoms with Crippen molar-refractivity contribution in [1.82, 2.24) is 0 Å². The SMILES string of the molecule is CCOc1cc([C@H]2C3=CC[C@@H]4C(=O)N(c5ccc(Nc6ccccc6)cc5)C(=O)[C@@H]4[C@@H]3C[C@@]3(Cl)C(=O)N(c4c(F)c(F)c(F)c(F)c4F)C(=O)[C@@]23Cl)ccc1O. The molecule has 9 nitrogen and oxygen atoms in total. The quantitative estimate of drug-likeness (QED) is 0.0486. The Kier molecular flexibility index (Phi) is 8.92. The van der Waals surface area contributed by atoms with E-state index in [-0.39, 0.29) is 46.3 Å². The third kappa shape index (κ3) is 5.18. The third-order valence-corrected chi connectivity index (χ3v) is 12.4. The lowest BCUT2D eigenvalue weighted by atomic mass is 9.56. The smallest absolute Gasteiger partial charge is 0.258 e. The van der Waals surface area contributed by atoms with E-state index in [9.17, 15) is 37.5 Å². The number of hydrogen-bond donors (Lipinski definition) is 2. The first-order valence-corrected chi connectivity index (χ1v) is 18.1. The van der Waals surface area contributed by atoms with Gasteiger partial charge in [-0.15, -0.1) is 23.2 Å². The van der Waals surface area contributed by atoms with Crippen LogP contribution in [-0.4, -0.2) is 45.1 Å². The van der Waals surface area contributed by atoms with E-state index in [4.69, 9.17) is 27.9 Å². The number of phenolic OH excluding ortho intramolecular Hbond substituents is 1. The van der Waals surface area contributed by atoms with Crippen LogP contribution in [0.1, 0.15) is 31.2 Å². The second-order valence-electron chi connectivity index (χ2n) is 13.9. The van der Waals surface area contributed by atoms with E-state index in [1.54, 1.807) is 37.3 Å². The molecule has 2 aliphatic carbocycles. The van der Waals surface area contributed by atoms with Crippen LogP contribution in [0, 0.1) is 46.8 Å². The first kappa shape index (κ1) is 37.5. The Hall–Kier alpha value is -5.47. The average molecular weight is 813 g/mol. The number of allylic oxidation sites excluding steroid dienone is 2. The van der Waals surface area contributed by atoms with Crippen LogP contribution in [0.2, 0.25) is 0 Å². The average Bonchev–Trinajstić information content (AvgIpc) is 3.53. The Labute approximate surface area is 325 Å². The molecule has 1 saturated carbocycles. The molecule has 8 rings (SSSR count). The lowest BCUT2D eigenvalue weighted by Crippen LogP contribution is -2.60. The van der Waals surface area contributed by atoms with Gasteiger partial charge in [0.25, 0.3) is 11.8 Å². The number of nitrogens with one attached hydrogen (secondary N) is 1. The van der Waals surface area contributed by atoms with Gasteiger partial charge >= 0.3 is 0 Å². The van der Waals surface area contributed by atoms with Gasteiger partial charge in [-0.2, -0.15) is 0 Å². The van der Waals surface area contributed by atoms with Crippen molar-refractivity contribution in [2.24, 2.45) is 17.8 Å². The summed E-state index contributed by atoms with van der Waals surface area (Å²) in [7, 11) is 0. The molecule has 0 bridgehead atoms. The van der Waals surface area contributed by atoms with Crippen LogP contribution in [0.5, 0.6) is 11.5 Å². The van der Waals surface area contributed by atoms with Crippen LogP contribution >= 0.6 is 23.2 Å². The zero-order valence-corrected chi connectivity index (χ0v) is 30.5. The summed E-state index contributed by atoms with van der Waals surface area (Å²) in [6.07, 6.45) is 0.899. The number of imide groups is 2. The Morgan fingerprint density at radius 2 is 1.41 bits per heavy atom. The summed E-state index contributed by atoms with van der Waals surface area (Å²) in [5.74, 6) is -21.9. The topological polar surface area (TPSA) is 116 Å². The molecule has 3 fully saturated rings. The molecular weight excluding hydrogens is 784 g/mol. The van der Waals surface area contributed by atoms with Gasteiger partial charge in [0.2, 0.25) is 17.6 Å². The van der Waals surface area contributed by atoms with Crippen LogP contribution in [0.25, 0.3) is 0 Å². The van der Waals surface area contributed by atoms with E-state index in [0.29, 0.717) is 5.69 Å². The lowest BCUT2D eigenvalue weighted by Gasteiger charge is -2.50. The minimum atomic E-state index is -2.71. The van der Waals surface area contributed by atoms with Gasteiger partial charge in [-0.05, 0) is 79.8 Å². The van der Waals surface area contributed by atoms with Crippen LogP contribution in [0.3, 0.4) is 0 Å². The molecule has 0 radical (unpaired) electrons. The van der Waals surface area contributed by atoms with E-state index >= 15 is 8.78 Å². The van der Waals surface area contributed by atoms with Crippen LogP contribution < -0.4 is 19.9 Å². The Balaban J connectivity index is 1.24. The van der Waals surface area contributed by atoms with Gasteiger partial charge in [-0.3, -0.25) is 24.1 Å². The fourth-order valence-corrected chi connectivity index (χ4v) is 9.49. The van der Waals surface area contributed by atoms with E-state index < -0.39 is 98.2 Å². The Bertz CT molecular complexity index is 2370. The van der Waals surface area contributed by atoms with Gasteiger partial charge in [0.15, 0.2) is 44.5 Å². The van der Waals surface area contributed by atoms with E-state index in [2.05, 4.69) is 5.32 Å². The second kappa shape index (κ2) is 13.3. The van der Waals surface area contributed by atoms with Gasteiger partial charge in [-0.25, -0.2) is 26.9 Å². The second-order valence-corrected chi connectivity index (χ2v) is 15.1. The van der Waals surface area contributed by atoms with Gasteiger partial charge < -0.3 is 15.2 Å². The van der Waals surface area contributed by atoms with Crippen LogP contribution in [0.4, 0.5) is 44.7 Å². The molecule has 2 N–H and O–H groups in total. The molecule has 0 spiro atoms. The molecule has 2 saturated heterocycles. The monoisotopic (exact) mass is 811 g/mol. The molecule has 2 aliphatic heterocycles. The molecule has 2 heterocycles. The summed E-state index contributed by atoms with van der Waals surface area (Å²) in [6, 6.07) is 19.6. The molecule has 4 aromatic carbocycles. The molecule has 288 valence electrons. The standard InChI is InChI=1S/C40H28Cl2F5N3O6/c1-2-56-26-16-18(8-15-25(26)51)28-22-13-14-23-27(36(53)49(35(23)52)21-11-9-20(10-12-21)48-19-6-4-3-5-7-19)24(22)17-39(41)37(54)50(38(55)40(28,39)42)34-32(46)30(44)29(43)31(45)33(34)47/h3-13,15-16,23-24,27-28,48,51H,2,14,17H2,1H3/t23-,24+,27-,28-,39+,40-/m0/s1. The van der Waals surface area contributed by atoms with Crippen molar-refractivity contribution in [3.8, 4) is 11.5 Å². The number of para-hydroxylation sites is 1. The number of amides is 4. The fraction of sp³-hybridized carbons (Fsp3) is 0.250. The number of alkyl halides is 2. The van der Waals surface area contributed by atoms with Crippen molar-refractivity contribution in [2.75, 3.05) is 21.7 Å². The molecular formula is C40H28Cl2F5N3O6.